The maximum atomic E-state index is 13.3. The molecule has 0 spiro atoms. The first-order valence-electron chi connectivity index (χ1n) is 10.4. The molecule has 174 valence electrons. The molecule has 1 unspecified atom stereocenters. The summed E-state index contributed by atoms with van der Waals surface area (Å²) in [6.07, 6.45) is 0. The second-order valence-electron chi connectivity index (χ2n) is 7.69. The molecule has 1 atom stereocenters. The molecule has 1 amide bonds. The molecular formula is C25H21NO8. The Morgan fingerprint density at radius 2 is 1.71 bits per heavy atom. The number of aliphatic hydroxyl groups is 1. The maximum Gasteiger partial charge on any atom is 0.300 e. The normalized spacial score (nSPS) is 18.4. The van der Waals surface area contributed by atoms with Gasteiger partial charge in [-0.05, 0) is 43.3 Å². The maximum absolute atomic E-state index is 13.3. The molecule has 0 saturated carbocycles. The van der Waals surface area contributed by atoms with Gasteiger partial charge in [-0.1, -0.05) is 6.07 Å². The van der Waals surface area contributed by atoms with Crippen LogP contribution in [0.4, 0.5) is 5.69 Å². The zero-order chi connectivity index (χ0) is 24.0. The number of ketones is 1. The highest BCUT2D eigenvalue weighted by atomic mass is 16.7. The summed E-state index contributed by atoms with van der Waals surface area (Å²) in [5.74, 6) is 0.294. The van der Waals surface area contributed by atoms with Crippen LogP contribution in [0.25, 0.3) is 5.76 Å². The van der Waals surface area contributed by atoms with Gasteiger partial charge in [0.05, 0.1) is 19.8 Å². The molecule has 1 fully saturated rings. The van der Waals surface area contributed by atoms with Crippen LogP contribution in [-0.4, -0.2) is 37.8 Å². The Balaban J connectivity index is 1.74. The average molecular weight is 463 g/mol. The fourth-order valence-electron chi connectivity index (χ4n) is 4.22. The minimum Gasteiger partial charge on any atom is -0.506 e. The van der Waals surface area contributed by atoms with Crippen LogP contribution in [-0.2, 0) is 9.59 Å². The van der Waals surface area contributed by atoms with Crippen LogP contribution in [0.15, 0.2) is 58.5 Å². The lowest BCUT2D eigenvalue weighted by molar-refractivity contribution is -0.132. The number of rotatable bonds is 5. The molecular weight excluding hydrogens is 442 g/mol. The number of benzene rings is 2. The Bertz CT molecular complexity index is 1320. The van der Waals surface area contributed by atoms with Gasteiger partial charge in [0.15, 0.2) is 11.5 Å². The molecule has 9 nitrogen and oxygen atoms in total. The van der Waals surface area contributed by atoms with Crippen LogP contribution >= 0.6 is 0 Å². The summed E-state index contributed by atoms with van der Waals surface area (Å²) in [4.78, 5) is 27.9. The number of aryl methyl sites for hydroxylation is 1. The second kappa shape index (κ2) is 8.18. The largest absolute Gasteiger partial charge is 0.506 e. The quantitative estimate of drug-likeness (QED) is 0.344. The van der Waals surface area contributed by atoms with Crippen molar-refractivity contribution in [3.8, 4) is 23.0 Å². The predicted octanol–water partition coefficient (Wildman–Crippen LogP) is 3.96. The van der Waals surface area contributed by atoms with Crippen LogP contribution in [0.2, 0.25) is 0 Å². The fourth-order valence-corrected chi connectivity index (χ4v) is 4.22. The van der Waals surface area contributed by atoms with E-state index in [9.17, 15) is 14.7 Å². The first kappa shape index (κ1) is 21.4. The molecule has 2 aliphatic heterocycles. The highest BCUT2D eigenvalue weighted by Crippen LogP contribution is 2.47. The third-order valence-corrected chi connectivity index (χ3v) is 5.77. The molecule has 3 aromatic rings. The molecule has 0 radical (unpaired) electrons. The lowest BCUT2D eigenvalue weighted by Gasteiger charge is -2.24. The van der Waals surface area contributed by atoms with E-state index in [2.05, 4.69) is 0 Å². The number of hydrogen-bond donors (Lipinski definition) is 1. The zero-order valence-electron chi connectivity index (χ0n) is 18.7. The van der Waals surface area contributed by atoms with Gasteiger partial charge in [-0.2, -0.15) is 0 Å². The number of hydrogen-bond acceptors (Lipinski definition) is 8. The number of nitrogens with zero attached hydrogens (tertiary/aromatic N) is 1. The fraction of sp³-hybridized carbons (Fsp3) is 0.200. The summed E-state index contributed by atoms with van der Waals surface area (Å²) < 4.78 is 27.4. The molecule has 3 heterocycles. The number of furan rings is 1. The van der Waals surface area contributed by atoms with E-state index in [1.165, 1.54) is 19.1 Å². The van der Waals surface area contributed by atoms with Gasteiger partial charge < -0.3 is 28.5 Å². The summed E-state index contributed by atoms with van der Waals surface area (Å²) in [7, 11) is 2.87. The summed E-state index contributed by atoms with van der Waals surface area (Å²) in [6, 6.07) is 12.2. The zero-order valence-corrected chi connectivity index (χ0v) is 18.7. The van der Waals surface area contributed by atoms with E-state index in [0.29, 0.717) is 28.7 Å². The number of fused-ring (bicyclic) bond motifs is 1. The Labute approximate surface area is 194 Å². The Kier molecular flexibility index (Phi) is 5.16. The molecule has 2 aliphatic rings. The van der Waals surface area contributed by atoms with Gasteiger partial charge in [0.1, 0.15) is 40.4 Å². The van der Waals surface area contributed by atoms with E-state index in [1.54, 1.807) is 55.5 Å². The number of carbonyl (C=O) groups excluding carboxylic acids is 2. The first-order chi connectivity index (χ1) is 16.4. The van der Waals surface area contributed by atoms with E-state index < -0.39 is 23.5 Å². The third-order valence-electron chi connectivity index (χ3n) is 5.77. The van der Waals surface area contributed by atoms with Crippen molar-refractivity contribution in [2.75, 3.05) is 25.9 Å². The number of Topliss-reactive ketones (excluding diaryl/α,β-unsaturated/α-hetero) is 1. The topological polar surface area (TPSA) is 108 Å². The van der Waals surface area contributed by atoms with Crippen LogP contribution < -0.4 is 23.8 Å². The van der Waals surface area contributed by atoms with Crippen molar-refractivity contribution in [1.29, 1.82) is 0 Å². The monoisotopic (exact) mass is 463 g/mol. The van der Waals surface area contributed by atoms with Gasteiger partial charge in [-0.15, -0.1) is 0 Å². The van der Waals surface area contributed by atoms with Crippen LogP contribution in [0.1, 0.15) is 23.1 Å². The summed E-state index contributed by atoms with van der Waals surface area (Å²) in [5, 5.41) is 11.4. The number of carbonyl (C=O) groups is 2. The molecule has 1 aromatic heterocycles. The average Bonchev–Trinajstić information content (AvgIpc) is 3.55. The van der Waals surface area contributed by atoms with Crippen LogP contribution in [0, 0.1) is 6.92 Å². The van der Waals surface area contributed by atoms with Crippen LogP contribution in [0.3, 0.4) is 0 Å². The van der Waals surface area contributed by atoms with Crippen molar-refractivity contribution < 1.29 is 38.1 Å². The molecule has 1 saturated heterocycles. The second-order valence-corrected chi connectivity index (χ2v) is 7.69. The number of amides is 1. The predicted molar refractivity (Wildman–Crippen MR) is 120 cm³/mol. The van der Waals surface area contributed by atoms with E-state index >= 15 is 0 Å². The van der Waals surface area contributed by atoms with Gasteiger partial charge in [0, 0.05) is 11.8 Å². The third kappa shape index (κ3) is 3.24. The Morgan fingerprint density at radius 3 is 2.35 bits per heavy atom. The lowest BCUT2D eigenvalue weighted by atomic mass is 9.98. The van der Waals surface area contributed by atoms with Crippen molar-refractivity contribution in [2.45, 2.75) is 13.0 Å². The van der Waals surface area contributed by atoms with E-state index in [4.69, 9.17) is 23.4 Å². The number of anilines is 1. The smallest absolute Gasteiger partial charge is 0.300 e. The Hall–Kier alpha value is -4.40. The molecule has 0 aliphatic carbocycles. The summed E-state index contributed by atoms with van der Waals surface area (Å²) in [6.45, 7) is 1.81. The van der Waals surface area contributed by atoms with Gasteiger partial charge in [-0.25, -0.2) is 0 Å². The van der Waals surface area contributed by atoms with Gasteiger partial charge >= 0.3 is 0 Å². The van der Waals surface area contributed by atoms with Crippen molar-refractivity contribution >= 4 is 23.1 Å². The van der Waals surface area contributed by atoms with E-state index in [-0.39, 0.29) is 29.4 Å². The first-order valence-corrected chi connectivity index (χ1v) is 10.4. The highest BCUT2D eigenvalue weighted by Gasteiger charge is 2.49. The van der Waals surface area contributed by atoms with E-state index in [0.717, 1.165) is 0 Å². The van der Waals surface area contributed by atoms with Crippen molar-refractivity contribution in [3.05, 3.63) is 71.2 Å². The van der Waals surface area contributed by atoms with E-state index in [1.807, 2.05) is 0 Å². The van der Waals surface area contributed by atoms with Crippen molar-refractivity contribution in [1.82, 2.24) is 0 Å². The molecule has 2 aromatic carbocycles. The van der Waals surface area contributed by atoms with Crippen molar-refractivity contribution in [2.24, 2.45) is 0 Å². The van der Waals surface area contributed by atoms with Gasteiger partial charge in [0.25, 0.3) is 11.7 Å². The molecule has 9 heteroatoms. The lowest BCUT2D eigenvalue weighted by Crippen LogP contribution is -2.29. The molecule has 5 rings (SSSR count). The standard InChI is InChI=1S/C25H21NO8/c1-13-7-9-18(34-13)22-21(23(27)20-16(30-2)5-4-6-17(20)31-3)24(28)25(29)26(22)14-8-10-15-19(11-14)33-12-32-15/h4-11,22,27H,12H2,1-3H3/b23-21+. The summed E-state index contributed by atoms with van der Waals surface area (Å²) >= 11 is 0. The van der Waals surface area contributed by atoms with Crippen LogP contribution in [0.5, 0.6) is 23.0 Å². The molecule has 0 bridgehead atoms. The Morgan fingerprint density at radius 1 is 1.00 bits per heavy atom. The highest BCUT2D eigenvalue weighted by molar-refractivity contribution is 6.51. The number of methoxy groups -OCH3 is 2. The number of aliphatic hydroxyl groups excluding tert-OH is 1. The van der Waals surface area contributed by atoms with Gasteiger partial charge in [-0.3, -0.25) is 14.5 Å². The molecule has 1 N–H and O–H groups in total. The SMILES string of the molecule is COc1cccc(OC)c1/C(O)=C1\C(=O)C(=O)N(c2ccc3c(c2)OCO3)C1c1ccc(C)o1. The van der Waals surface area contributed by atoms with Crippen molar-refractivity contribution in [3.63, 3.8) is 0 Å². The minimum absolute atomic E-state index is 0.0615. The van der Waals surface area contributed by atoms with Gasteiger partial charge in [0.2, 0.25) is 6.79 Å². The molecule has 34 heavy (non-hydrogen) atoms. The minimum atomic E-state index is -1.04. The summed E-state index contributed by atoms with van der Waals surface area (Å²) in [5.41, 5.74) is 0.390. The number of ether oxygens (including phenoxy) is 4.